The Kier molecular flexibility index (Phi) is 3.97. The number of rotatable bonds is 1. The molecule has 0 atom stereocenters. The minimum absolute atomic E-state index is 0.00503. The van der Waals surface area contributed by atoms with Gasteiger partial charge < -0.3 is 10.2 Å². The molecule has 0 unspecified atom stereocenters. The molecule has 3 heterocycles. The third kappa shape index (κ3) is 2.89. The van der Waals surface area contributed by atoms with Crippen LogP contribution in [0.2, 0.25) is 0 Å². The quantitative estimate of drug-likeness (QED) is 0.833. The van der Waals surface area contributed by atoms with Crippen molar-refractivity contribution in [2.75, 3.05) is 18.4 Å². The number of benzene rings is 1. The van der Waals surface area contributed by atoms with Gasteiger partial charge in [0.05, 0.1) is 0 Å². The summed E-state index contributed by atoms with van der Waals surface area (Å²) in [6.07, 6.45) is 4.44. The molecule has 0 bridgehead atoms. The molecule has 1 aromatic heterocycles. The summed E-state index contributed by atoms with van der Waals surface area (Å²) in [5.41, 5.74) is 1.97. The van der Waals surface area contributed by atoms with Crippen LogP contribution >= 0.6 is 0 Å². The van der Waals surface area contributed by atoms with Crippen LogP contribution in [-0.4, -0.2) is 40.3 Å². The fraction of sp³-hybridized carbons (Fsp3) is 0.316. The van der Waals surface area contributed by atoms with Crippen LogP contribution in [0, 0.1) is 0 Å². The molecule has 2 amide bonds. The molecule has 1 saturated heterocycles. The van der Waals surface area contributed by atoms with Gasteiger partial charge in [-0.05, 0) is 36.6 Å². The van der Waals surface area contributed by atoms with Crippen molar-refractivity contribution in [3.05, 3.63) is 59.9 Å². The third-order valence-corrected chi connectivity index (χ3v) is 5.15. The summed E-state index contributed by atoms with van der Waals surface area (Å²) in [6, 6.07) is 11.3. The minimum Gasteiger partial charge on any atom is -0.338 e. The highest BCUT2D eigenvalue weighted by molar-refractivity contribution is 6.00. The lowest BCUT2D eigenvalue weighted by atomic mass is 9.86. The number of likely N-dealkylation sites (tertiary alicyclic amines) is 1. The van der Waals surface area contributed by atoms with Crippen LogP contribution in [-0.2, 0) is 11.3 Å². The zero-order chi connectivity index (χ0) is 17.3. The number of nitrogens with one attached hydrogen (secondary N) is 2. The second-order valence-electron chi connectivity index (χ2n) is 6.58. The average molecular weight is 336 g/mol. The highest BCUT2D eigenvalue weighted by Crippen LogP contribution is 2.29. The van der Waals surface area contributed by atoms with Gasteiger partial charge in [-0.1, -0.05) is 18.2 Å². The molecule has 6 heteroatoms. The van der Waals surface area contributed by atoms with Crippen molar-refractivity contribution in [3.8, 4) is 0 Å². The van der Waals surface area contributed by atoms with Gasteiger partial charge >= 0.3 is 0 Å². The largest absolute Gasteiger partial charge is 0.338 e. The Balaban J connectivity index is 1.48. The highest BCUT2D eigenvalue weighted by Gasteiger charge is 2.43. The molecule has 1 fully saturated rings. The van der Waals surface area contributed by atoms with E-state index in [4.69, 9.17) is 0 Å². The lowest BCUT2D eigenvalue weighted by Gasteiger charge is -2.40. The molecular weight excluding hydrogens is 316 g/mol. The van der Waals surface area contributed by atoms with Crippen LogP contribution in [0.15, 0.2) is 48.8 Å². The monoisotopic (exact) mass is 336 g/mol. The number of carbonyl (C=O) groups is 2. The Hall–Kier alpha value is -2.73. The summed E-state index contributed by atoms with van der Waals surface area (Å²) < 4.78 is 0. The molecule has 25 heavy (non-hydrogen) atoms. The van der Waals surface area contributed by atoms with Crippen molar-refractivity contribution >= 4 is 17.5 Å². The molecule has 2 N–H and O–H groups in total. The Morgan fingerprint density at radius 2 is 1.80 bits per heavy atom. The van der Waals surface area contributed by atoms with Gasteiger partial charge in [-0.15, -0.1) is 0 Å². The smallest absolute Gasteiger partial charge is 0.253 e. The molecule has 1 spiro atoms. The maximum absolute atomic E-state index is 12.8. The number of piperidine rings is 1. The Morgan fingerprint density at radius 3 is 2.56 bits per heavy atom. The zero-order valence-electron chi connectivity index (χ0n) is 13.9. The number of nitrogens with zero attached hydrogens (tertiary/aromatic N) is 2. The second kappa shape index (κ2) is 6.29. The van der Waals surface area contributed by atoms with Gasteiger partial charge in [-0.3, -0.25) is 19.9 Å². The first-order chi connectivity index (χ1) is 12.2. The molecule has 2 aliphatic rings. The number of amides is 2. The number of hydrogen-bond acceptors (Lipinski definition) is 4. The van der Waals surface area contributed by atoms with E-state index in [-0.39, 0.29) is 11.8 Å². The maximum atomic E-state index is 12.8. The van der Waals surface area contributed by atoms with E-state index in [1.54, 1.807) is 24.5 Å². The van der Waals surface area contributed by atoms with E-state index in [2.05, 4.69) is 15.6 Å². The van der Waals surface area contributed by atoms with E-state index in [1.807, 2.05) is 29.2 Å². The van der Waals surface area contributed by atoms with Crippen molar-refractivity contribution in [3.63, 3.8) is 0 Å². The van der Waals surface area contributed by atoms with Crippen molar-refractivity contribution < 1.29 is 9.59 Å². The number of para-hydroxylation sites is 1. The Morgan fingerprint density at radius 1 is 1.08 bits per heavy atom. The molecular formula is C19H20N4O2. The number of fused-ring (bicyclic) bond motifs is 1. The first-order valence-corrected chi connectivity index (χ1v) is 8.52. The van der Waals surface area contributed by atoms with Crippen LogP contribution in [0.1, 0.15) is 28.8 Å². The Bertz CT molecular complexity index is 798. The molecule has 4 rings (SSSR count). The van der Waals surface area contributed by atoms with Crippen molar-refractivity contribution in [1.29, 1.82) is 0 Å². The van der Waals surface area contributed by atoms with Gasteiger partial charge in [0.2, 0.25) is 5.91 Å². The lowest BCUT2D eigenvalue weighted by Crippen LogP contribution is -2.59. The molecule has 0 radical (unpaired) electrons. The minimum atomic E-state index is -0.617. The first kappa shape index (κ1) is 15.8. The number of hydrogen-bond donors (Lipinski definition) is 2. The topological polar surface area (TPSA) is 74.3 Å². The van der Waals surface area contributed by atoms with E-state index in [0.717, 1.165) is 11.3 Å². The molecule has 0 saturated carbocycles. The van der Waals surface area contributed by atoms with Crippen LogP contribution < -0.4 is 10.6 Å². The predicted molar refractivity (Wildman–Crippen MR) is 94.0 cm³/mol. The highest BCUT2D eigenvalue weighted by atomic mass is 16.2. The van der Waals surface area contributed by atoms with E-state index in [9.17, 15) is 9.59 Å². The van der Waals surface area contributed by atoms with Gasteiger partial charge in [0.25, 0.3) is 5.91 Å². The van der Waals surface area contributed by atoms with E-state index >= 15 is 0 Å². The number of anilines is 1. The molecule has 0 aliphatic carbocycles. The summed E-state index contributed by atoms with van der Waals surface area (Å²) in [5.74, 6) is -0.0111. The lowest BCUT2D eigenvalue weighted by molar-refractivity contribution is -0.124. The summed E-state index contributed by atoms with van der Waals surface area (Å²) >= 11 is 0. The van der Waals surface area contributed by atoms with Crippen LogP contribution in [0.25, 0.3) is 0 Å². The van der Waals surface area contributed by atoms with E-state index < -0.39 is 5.54 Å². The fourth-order valence-corrected chi connectivity index (χ4v) is 3.56. The molecule has 2 aliphatic heterocycles. The average Bonchev–Trinajstić information content (AvgIpc) is 2.80. The summed E-state index contributed by atoms with van der Waals surface area (Å²) in [6.45, 7) is 1.75. The summed E-state index contributed by atoms with van der Waals surface area (Å²) in [7, 11) is 0. The van der Waals surface area contributed by atoms with E-state index in [1.165, 1.54) is 0 Å². The Labute approximate surface area is 146 Å². The first-order valence-electron chi connectivity index (χ1n) is 8.52. The molecule has 128 valence electrons. The van der Waals surface area contributed by atoms with Crippen LogP contribution in [0.4, 0.5) is 5.69 Å². The maximum Gasteiger partial charge on any atom is 0.253 e. The number of aromatic nitrogens is 1. The third-order valence-electron chi connectivity index (χ3n) is 5.15. The second-order valence-corrected chi connectivity index (χ2v) is 6.58. The fourth-order valence-electron chi connectivity index (χ4n) is 3.56. The van der Waals surface area contributed by atoms with Crippen LogP contribution in [0.3, 0.4) is 0 Å². The van der Waals surface area contributed by atoms with Gasteiger partial charge in [0, 0.05) is 43.3 Å². The SMILES string of the molecule is O=C(c1ccncc1)N1CCC2(CC1)NCc1ccccc1NC2=O. The van der Waals surface area contributed by atoms with E-state index in [0.29, 0.717) is 38.0 Å². The molecule has 1 aromatic carbocycles. The number of pyridine rings is 1. The number of carbonyl (C=O) groups excluding carboxylic acids is 2. The molecule has 6 nitrogen and oxygen atoms in total. The van der Waals surface area contributed by atoms with Gasteiger partial charge in [-0.2, -0.15) is 0 Å². The normalized spacial score (nSPS) is 19.0. The van der Waals surface area contributed by atoms with Crippen molar-refractivity contribution in [2.45, 2.75) is 24.9 Å². The van der Waals surface area contributed by atoms with Gasteiger partial charge in [0.15, 0.2) is 0 Å². The summed E-state index contributed by atoms with van der Waals surface area (Å²) in [4.78, 5) is 31.2. The summed E-state index contributed by atoms with van der Waals surface area (Å²) in [5, 5.41) is 6.49. The van der Waals surface area contributed by atoms with Crippen molar-refractivity contribution in [1.82, 2.24) is 15.2 Å². The standard InChI is InChI=1S/C19H20N4O2/c24-17(14-5-9-20-10-6-14)23-11-7-19(8-12-23)18(25)22-16-4-2-1-3-15(16)13-21-19/h1-6,9-10,21H,7-8,11-13H2,(H,22,25). The van der Waals surface area contributed by atoms with Crippen LogP contribution in [0.5, 0.6) is 0 Å². The molecule has 2 aromatic rings. The van der Waals surface area contributed by atoms with Gasteiger partial charge in [0.1, 0.15) is 5.54 Å². The van der Waals surface area contributed by atoms with Gasteiger partial charge in [-0.25, -0.2) is 0 Å². The zero-order valence-corrected chi connectivity index (χ0v) is 13.9. The van der Waals surface area contributed by atoms with Crippen molar-refractivity contribution in [2.24, 2.45) is 0 Å². The predicted octanol–water partition coefficient (Wildman–Crippen LogP) is 1.80.